The zero-order valence-electron chi connectivity index (χ0n) is 23.8. The molecule has 0 aliphatic heterocycles. The van der Waals surface area contributed by atoms with Gasteiger partial charge in [-0.1, -0.05) is 67.0 Å². The lowest BCUT2D eigenvalue weighted by Gasteiger charge is -2.71. The van der Waals surface area contributed by atoms with Gasteiger partial charge >= 0.3 is 5.97 Å². The smallest absolute Gasteiger partial charge is 0.302 e. The second-order valence-electron chi connectivity index (χ2n) is 15.8. The summed E-state index contributed by atoms with van der Waals surface area (Å²) in [6.45, 7) is 22.0. The number of carbonyl (C=O) groups is 1. The van der Waals surface area contributed by atoms with E-state index in [9.17, 15) is 4.79 Å². The van der Waals surface area contributed by atoms with Crippen LogP contribution >= 0.6 is 0 Å². The summed E-state index contributed by atoms with van der Waals surface area (Å²) in [6.07, 6.45) is 15.9. The molecule has 5 rings (SSSR count). The highest BCUT2D eigenvalue weighted by atomic mass is 16.5. The molecule has 0 radical (unpaired) electrons. The Balaban J connectivity index is 1.53. The quantitative estimate of drug-likeness (QED) is 0.284. The molecule has 2 heteroatoms. The van der Waals surface area contributed by atoms with Gasteiger partial charge in [-0.2, -0.15) is 0 Å². The summed E-state index contributed by atoms with van der Waals surface area (Å²) in [7, 11) is 0. The molecule has 0 spiro atoms. The fourth-order valence-corrected chi connectivity index (χ4v) is 10.9. The second-order valence-corrected chi connectivity index (χ2v) is 15.8. The van der Waals surface area contributed by atoms with E-state index >= 15 is 0 Å². The third kappa shape index (κ3) is 3.21. The van der Waals surface area contributed by atoms with Crippen molar-refractivity contribution < 1.29 is 9.53 Å². The second kappa shape index (κ2) is 7.38. The molecule has 0 bridgehead atoms. The van der Waals surface area contributed by atoms with Crippen LogP contribution in [0, 0.1) is 50.2 Å². The SMILES string of the molecule is CC(=O)O[C@@H]1CCC2(C)C3CC=C4C5CC(C)(C)CCC5(C)CC[C@@]4(C)C3(C)CC[C@H]2C1(C)C. The van der Waals surface area contributed by atoms with Gasteiger partial charge in [0.1, 0.15) is 6.10 Å². The van der Waals surface area contributed by atoms with E-state index in [1.54, 1.807) is 6.92 Å². The average molecular weight is 469 g/mol. The lowest BCUT2D eigenvalue weighted by Crippen LogP contribution is -2.64. The van der Waals surface area contributed by atoms with Crippen molar-refractivity contribution in [1.29, 1.82) is 0 Å². The summed E-state index contributed by atoms with van der Waals surface area (Å²) in [6, 6.07) is 0. The lowest BCUT2D eigenvalue weighted by atomic mass is 9.33. The van der Waals surface area contributed by atoms with E-state index in [2.05, 4.69) is 61.5 Å². The van der Waals surface area contributed by atoms with Crippen LogP contribution in [0.25, 0.3) is 0 Å². The van der Waals surface area contributed by atoms with E-state index in [1.165, 1.54) is 57.8 Å². The Morgan fingerprint density at radius 3 is 2.21 bits per heavy atom. The van der Waals surface area contributed by atoms with Gasteiger partial charge in [-0.3, -0.25) is 4.79 Å². The zero-order chi connectivity index (χ0) is 24.9. The molecule has 0 amide bonds. The minimum atomic E-state index is -0.110. The predicted octanol–water partition coefficient (Wildman–Crippen LogP) is 8.74. The summed E-state index contributed by atoms with van der Waals surface area (Å²) in [4.78, 5) is 11.9. The highest BCUT2D eigenvalue weighted by Gasteiger charge is 2.68. The number of rotatable bonds is 1. The van der Waals surface area contributed by atoms with E-state index in [0.29, 0.717) is 33.0 Å². The van der Waals surface area contributed by atoms with Gasteiger partial charge < -0.3 is 4.74 Å². The first kappa shape index (κ1) is 24.9. The van der Waals surface area contributed by atoms with Crippen LogP contribution < -0.4 is 0 Å². The molecule has 0 heterocycles. The number of hydrogen-bond acceptors (Lipinski definition) is 2. The molecule has 0 aromatic heterocycles. The normalized spacial score (nSPS) is 51.1. The molecule has 192 valence electrons. The highest BCUT2D eigenvalue weighted by Crippen LogP contribution is 2.75. The standard InChI is InChI=1S/C32H52O2/c1-21(33)34-26-13-14-30(7)24(28(26,4)5)12-15-32(9)25(30)11-10-22-23-20-27(2,3)16-17-29(23,6)18-19-31(22,32)8/h10,23-26H,11-20H2,1-9H3/t23?,24-,25?,26+,29?,30?,31+,32?/m0/s1. The minimum absolute atomic E-state index is 0.0451. The van der Waals surface area contributed by atoms with E-state index in [-0.39, 0.29) is 17.5 Å². The first-order valence-corrected chi connectivity index (χ1v) is 14.5. The van der Waals surface area contributed by atoms with Gasteiger partial charge in [-0.05, 0) is 109 Å². The van der Waals surface area contributed by atoms with Crippen molar-refractivity contribution in [2.24, 2.45) is 50.2 Å². The maximum atomic E-state index is 11.9. The summed E-state index contributed by atoms with van der Waals surface area (Å²) in [5.41, 5.74) is 3.92. The van der Waals surface area contributed by atoms with Crippen molar-refractivity contribution in [2.45, 2.75) is 133 Å². The Morgan fingerprint density at radius 1 is 0.853 bits per heavy atom. The van der Waals surface area contributed by atoms with Crippen LogP contribution in [0.1, 0.15) is 127 Å². The lowest BCUT2D eigenvalue weighted by molar-refractivity contribution is -0.211. The molecule has 5 unspecified atom stereocenters. The van der Waals surface area contributed by atoms with Crippen molar-refractivity contribution >= 4 is 5.97 Å². The van der Waals surface area contributed by atoms with Crippen molar-refractivity contribution in [3.8, 4) is 0 Å². The van der Waals surface area contributed by atoms with Gasteiger partial charge in [-0.15, -0.1) is 0 Å². The molecule has 4 fully saturated rings. The topological polar surface area (TPSA) is 26.3 Å². The molecular weight excluding hydrogens is 416 g/mol. The van der Waals surface area contributed by atoms with Crippen LogP contribution in [-0.2, 0) is 9.53 Å². The first-order valence-electron chi connectivity index (χ1n) is 14.5. The fraction of sp³-hybridized carbons (Fsp3) is 0.906. The van der Waals surface area contributed by atoms with Crippen LogP contribution in [0.4, 0.5) is 0 Å². The number of allylic oxidation sites excluding steroid dienone is 2. The molecule has 0 N–H and O–H groups in total. The third-order valence-corrected chi connectivity index (χ3v) is 13.3. The molecule has 5 aliphatic carbocycles. The van der Waals surface area contributed by atoms with Gasteiger partial charge in [-0.25, -0.2) is 0 Å². The maximum absolute atomic E-state index is 11.9. The molecule has 2 nitrogen and oxygen atoms in total. The van der Waals surface area contributed by atoms with Gasteiger partial charge in [0.05, 0.1) is 0 Å². The molecule has 8 atom stereocenters. The number of carbonyl (C=O) groups excluding carboxylic acids is 1. The van der Waals surface area contributed by atoms with Crippen molar-refractivity contribution in [3.05, 3.63) is 11.6 Å². The Hall–Kier alpha value is -0.790. The van der Waals surface area contributed by atoms with E-state index in [0.717, 1.165) is 18.3 Å². The van der Waals surface area contributed by atoms with Crippen molar-refractivity contribution in [2.75, 3.05) is 0 Å². The molecule has 0 aromatic rings. The van der Waals surface area contributed by atoms with Crippen LogP contribution in [0.2, 0.25) is 0 Å². The van der Waals surface area contributed by atoms with Gasteiger partial charge in [0.15, 0.2) is 0 Å². The highest BCUT2D eigenvalue weighted by molar-refractivity contribution is 5.66. The minimum Gasteiger partial charge on any atom is -0.462 e. The average Bonchev–Trinajstić information content (AvgIpc) is 2.72. The molecule has 34 heavy (non-hydrogen) atoms. The number of ether oxygens (including phenoxy) is 1. The Morgan fingerprint density at radius 2 is 1.53 bits per heavy atom. The molecule has 0 aromatic carbocycles. The van der Waals surface area contributed by atoms with Crippen LogP contribution in [0.3, 0.4) is 0 Å². The van der Waals surface area contributed by atoms with Crippen LogP contribution in [0.15, 0.2) is 11.6 Å². The molecule has 4 saturated carbocycles. The largest absolute Gasteiger partial charge is 0.462 e. The van der Waals surface area contributed by atoms with E-state index < -0.39 is 0 Å². The zero-order valence-corrected chi connectivity index (χ0v) is 23.8. The molecular formula is C32H52O2. The van der Waals surface area contributed by atoms with Gasteiger partial charge in [0, 0.05) is 12.3 Å². The monoisotopic (exact) mass is 468 g/mol. The predicted molar refractivity (Wildman–Crippen MR) is 140 cm³/mol. The van der Waals surface area contributed by atoms with Gasteiger partial charge in [0.25, 0.3) is 0 Å². The summed E-state index contributed by atoms with van der Waals surface area (Å²) >= 11 is 0. The van der Waals surface area contributed by atoms with Crippen LogP contribution in [0.5, 0.6) is 0 Å². The van der Waals surface area contributed by atoms with Gasteiger partial charge in [0.2, 0.25) is 0 Å². The Labute approximate surface area is 210 Å². The Bertz CT molecular complexity index is 897. The third-order valence-electron chi connectivity index (χ3n) is 13.3. The van der Waals surface area contributed by atoms with Crippen molar-refractivity contribution in [3.63, 3.8) is 0 Å². The molecule has 5 aliphatic rings. The summed E-state index contributed by atoms with van der Waals surface area (Å²) < 4.78 is 5.91. The Kier molecular flexibility index (Phi) is 5.40. The summed E-state index contributed by atoms with van der Waals surface area (Å²) in [5.74, 6) is 2.01. The number of fused-ring (bicyclic) bond motifs is 7. The van der Waals surface area contributed by atoms with Crippen molar-refractivity contribution in [1.82, 2.24) is 0 Å². The van der Waals surface area contributed by atoms with Crippen LogP contribution in [-0.4, -0.2) is 12.1 Å². The first-order chi connectivity index (χ1) is 15.6. The van der Waals surface area contributed by atoms with E-state index in [4.69, 9.17) is 4.74 Å². The van der Waals surface area contributed by atoms with E-state index in [1.807, 2.05) is 5.57 Å². The summed E-state index contributed by atoms with van der Waals surface area (Å²) in [5, 5.41) is 0. The fourth-order valence-electron chi connectivity index (χ4n) is 10.9. The molecule has 0 saturated heterocycles. The number of esters is 1. The number of hydrogen-bond donors (Lipinski definition) is 0. The maximum Gasteiger partial charge on any atom is 0.302 e.